The van der Waals surface area contributed by atoms with Gasteiger partial charge in [-0.15, -0.1) is 0 Å². The van der Waals surface area contributed by atoms with Crippen molar-refractivity contribution in [3.05, 3.63) is 24.0 Å². The van der Waals surface area contributed by atoms with Crippen LogP contribution in [0.15, 0.2) is 23.5 Å². The average Bonchev–Trinajstić information content (AvgIpc) is 2.46. The molecule has 0 radical (unpaired) electrons. The molecular weight excluding hydrogens is 236 g/mol. The summed E-state index contributed by atoms with van der Waals surface area (Å²) >= 11 is 0. The van der Waals surface area contributed by atoms with E-state index in [1.54, 1.807) is 12.3 Å². The quantitative estimate of drug-likeness (QED) is 0.286. The maximum Gasteiger partial charge on any atom is 0.188 e. The Bertz CT molecular complexity index is 438. The lowest BCUT2D eigenvalue weighted by molar-refractivity contribution is 0.0727. The number of hydrogen-bond acceptors (Lipinski definition) is 6. The fourth-order valence-corrected chi connectivity index (χ4v) is 1.94. The maximum absolute atomic E-state index is 9.32. The summed E-state index contributed by atoms with van der Waals surface area (Å²) in [7, 11) is 0. The Kier molecular flexibility index (Phi) is 3.96. The van der Waals surface area contributed by atoms with Crippen molar-refractivity contribution in [3.8, 4) is 0 Å². The molecular formula is C11H16N4O3. The molecule has 0 amide bonds. The molecule has 0 bridgehead atoms. The number of hydrogen-bond donors (Lipinski definition) is 3. The zero-order valence-corrected chi connectivity index (χ0v) is 9.86. The van der Waals surface area contributed by atoms with E-state index >= 15 is 0 Å². The van der Waals surface area contributed by atoms with Crippen molar-refractivity contribution < 1.29 is 15.1 Å². The number of rotatable bonds is 3. The zero-order chi connectivity index (χ0) is 13.0. The molecule has 2 heterocycles. The van der Waals surface area contributed by atoms with E-state index in [2.05, 4.69) is 10.1 Å². The minimum atomic E-state index is -0.0821. The second kappa shape index (κ2) is 5.65. The van der Waals surface area contributed by atoms with Gasteiger partial charge in [-0.1, -0.05) is 5.16 Å². The third-order valence-electron chi connectivity index (χ3n) is 2.88. The number of oxime groups is 1. The van der Waals surface area contributed by atoms with Gasteiger partial charge in [0.15, 0.2) is 5.84 Å². The molecule has 1 fully saturated rings. The second-order valence-electron chi connectivity index (χ2n) is 3.99. The number of amidine groups is 1. The number of nitrogens with zero attached hydrogens (tertiary/aromatic N) is 3. The summed E-state index contributed by atoms with van der Waals surface area (Å²) in [5.41, 5.74) is 6.78. The van der Waals surface area contributed by atoms with E-state index in [9.17, 15) is 5.11 Å². The van der Waals surface area contributed by atoms with Gasteiger partial charge in [0, 0.05) is 18.4 Å². The molecule has 0 aromatic carbocycles. The molecule has 1 aliphatic heterocycles. The van der Waals surface area contributed by atoms with Crippen molar-refractivity contribution in [2.75, 3.05) is 31.3 Å². The first kappa shape index (κ1) is 12.6. The van der Waals surface area contributed by atoms with Crippen molar-refractivity contribution >= 4 is 11.5 Å². The van der Waals surface area contributed by atoms with E-state index < -0.39 is 0 Å². The fourth-order valence-electron chi connectivity index (χ4n) is 1.94. The van der Waals surface area contributed by atoms with Crippen LogP contribution in [0.5, 0.6) is 0 Å². The molecule has 4 N–H and O–H groups in total. The van der Waals surface area contributed by atoms with Crippen LogP contribution in [-0.4, -0.2) is 53.5 Å². The van der Waals surface area contributed by atoms with Crippen LogP contribution in [-0.2, 0) is 4.74 Å². The summed E-state index contributed by atoms with van der Waals surface area (Å²) < 4.78 is 5.32. The molecule has 1 aliphatic rings. The predicted molar refractivity (Wildman–Crippen MR) is 65.8 cm³/mol. The number of aliphatic hydroxyl groups excluding tert-OH is 1. The van der Waals surface area contributed by atoms with Crippen LogP contribution in [0.3, 0.4) is 0 Å². The standard InChI is InChI=1S/C11H16N4O3/c12-11(14-17)10-5-8(1-2-13-10)15-3-4-18-7-9(15)6-16/h1-2,5,9,16-17H,3-4,6-7H2,(H2,12,14). The average molecular weight is 252 g/mol. The summed E-state index contributed by atoms with van der Waals surface area (Å²) in [4.78, 5) is 6.05. The van der Waals surface area contributed by atoms with Gasteiger partial charge in [0.25, 0.3) is 0 Å². The van der Waals surface area contributed by atoms with Gasteiger partial charge in [-0.05, 0) is 12.1 Å². The third-order valence-corrected chi connectivity index (χ3v) is 2.88. The van der Waals surface area contributed by atoms with Gasteiger partial charge in [-0.3, -0.25) is 4.98 Å². The molecule has 2 rings (SSSR count). The van der Waals surface area contributed by atoms with Crippen molar-refractivity contribution in [1.82, 2.24) is 4.98 Å². The van der Waals surface area contributed by atoms with Gasteiger partial charge in [0.2, 0.25) is 0 Å². The zero-order valence-electron chi connectivity index (χ0n) is 9.86. The lowest BCUT2D eigenvalue weighted by Crippen LogP contribution is -2.47. The topological polar surface area (TPSA) is 104 Å². The van der Waals surface area contributed by atoms with E-state index in [0.717, 1.165) is 5.69 Å². The lowest BCUT2D eigenvalue weighted by Gasteiger charge is -2.36. The number of morpholine rings is 1. The molecule has 1 unspecified atom stereocenters. The highest BCUT2D eigenvalue weighted by Gasteiger charge is 2.23. The van der Waals surface area contributed by atoms with Gasteiger partial charge in [0.1, 0.15) is 5.69 Å². The third kappa shape index (κ3) is 2.52. The number of aromatic nitrogens is 1. The van der Waals surface area contributed by atoms with Gasteiger partial charge in [0.05, 0.1) is 25.9 Å². The first-order valence-corrected chi connectivity index (χ1v) is 5.65. The Morgan fingerprint density at radius 1 is 1.67 bits per heavy atom. The van der Waals surface area contributed by atoms with Crippen molar-refractivity contribution in [2.24, 2.45) is 10.9 Å². The van der Waals surface area contributed by atoms with Gasteiger partial charge in [-0.25, -0.2) is 0 Å². The molecule has 7 heteroatoms. The van der Waals surface area contributed by atoms with Crippen LogP contribution in [0.1, 0.15) is 5.69 Å². The molecule has 98 valence electrons. The van der Waals surface area contributed by atoms with E-state index in [1.807, 2.05) is 11.0 Å². The summed E-state index contributed by atoms with van der Waals surface area (Å²) in [6.45, 7) is 1.79. The van der Waals surface area contributed by atoms with Crippen molar-refractivity contribution in [3.63, 3.8) is 0 Å². The molecule has 1 aromatic rings. The highest BCUT2D eigenvalue weighted by atomic mass is 16.5. The Balaban J connectivity index is 2.26. The molecule has 18 heavy (non-hydrogen) atoms. The summed E-state index contributed by atoms with van der Waals surface area (Å²) in [6, 6.07) is 3.46. The first-order chi connectivity index (χ1) is 8.76. The summed E-state index contributed by atoms with van der Waals surface area (Å²) in [5.74, 6) is -0.0364. The van der Waals surface area contributed by atoms with Crippen LogP contribution in [0.25, 0.3) is 0 Å². The number of ether oxygens (including phenoxy) is 1. The molecule has 0 saturated carbocycles. The number of aliphatic hydroxyl groups is 1. The van der Waals surface area contributed by atoms with Crippen LogP contribution < -0.4 is 10.6 Å². The van der Waals surface area contributed by atoms with E-state index in [4.69, 9.17) is 15.7 Å². The smallest absolute Gasteiger partial charge is 0.188 e. The molecule has 0 spiro atoms. The highest BCUT2D eigenvalue weighted by Crippen LogP contribution is 2.19. The number of nitrogens with two attached hydrogens (primary N) is 1. The second-order valence-corrected chi connectivity index (χ2v) is 3.99. The van der Waals surface area contributed by atoms with Crippen LogP contribution in [0.2, 0.25) is 0 Å². The Labute approximate surface area is 104 Å². The Morgan fingerprint density at radius 2 is 2.50 bits per heavy atom. The highest BCUT2D eigenvalue weighted by molar-refractivity contribution is 5.95. The number of anilines is 1. The molecule has 1 saturated heterocycles. The predicted octanol–water partition coefficient (Wildman–Crippen LogP) is -0.626. The first-order valence-electron chi connectivity index (χ1n) is 5.65. The van der Waals surface area contributed by atoms with Crippen LogP contribution in [0.4, 0.5) is 5.69 Å². The van der Waals surface area contributed by atoms with Gasteiger partial charge < -0.3 is 25.7 Å². The summed E-state index contributed by atoms with van der Waals surface area (Å²) in [6.07, 6.45) is 1.59. The SMILES string of the molecule is N/C(=N/O)c1cc(N2CCOCC2CO)ccn1. The van der Waals surface area contributed by atoms with E-state index in [-0.39, 0.29) is 18.5 Å². The Morgan fingerprint density at radius 3 is 3.22 bits per heavy atom. The van der Waals surface area contributed by atoms with Crippen molar-refractivity contribution in [2.45, 2.75) is 6.04 Å². The summed E-state index contributed by atoms with van der Waals surface area (Å²) in [5, 5.41) is 20.9. The number of pyridine rings is 1. The Hall–Kier alpha value is -1.86. The van der Waals surface area contributed by atoms with Gasteiger partial charge >= 0.3 is 0 Å². The van der Waals surface area contributed by atoms with E-state index in [0.29, 0.717) is 25.5 Å². The minimum Gasteiger partial charge on any atom is -0.409 e. The maximum atomic E-state index is 9.32. The van der Waals surface area contributed by atoms with Crippen LogP contribution >= 0.6 is 0 Å². The minimum absolute atomic E-state index is 0.0151. The van der Waals surface area contributed by atoms with E-state index in [1.165, 1.54) is 0 Å². The molecule has 1 atom stereocenters. The molecule has 0 aliphatic carbocycles. The van der Waals surface area contributed by atoms with Gasteiger partial charge in [-0.2, -0.15) is 0 Å². The molecule has 7 nitrogen and oxygen atoms in total. The lowest BCUT2D eigenvalue weighted by atomic mass is 10.2. The fraction of sp³-hybridized carbons (Fsp3) is 0.455. The molecule has 1 aromatic heterocycles. The van der Waals surface area contributed by atoms with Crippen molar-refractivity contribution in [1.29, 1.82) is 0 Å². The normalized spacial score (nSPS) is 21.1. The largest absolute Gasteiger partial charge is 0.409 e. The van der Waals surface area contributed by atoms with Crippen LogP contribution in [0, 0.1) is 0 Å². The monoisotopic (exact) mass is 252 g/mol.